The van der Waals surface area contributed by atoms with Crippen molar-refractivity contribution in [1.82, 2.24) is 9.78 Å². The second kappa shape index (κ2) is 3.59. The molecule has 0 aliphatic carbocycles. The summed E-state index contributed by atoms with van der Waals surface area (Å²) in [5, 5.41) is 5.74. The van der Waals surface area contributed by atoms with Crippen LogP contribution in [0.15, 0.2) is 24.4 Å². The summed E-state index contributed by atoms with van der Waals surface area (Å²) in [5.41, 5.74) is 2.80. The van der Waals surface area contributed by atoms with E-state index in [2.05, 4.69) is 69.5 Å². The lowest BCUT2D eigenvalue weighted by Gasteiger charge is -2.22. The SMILES string of the molecule is CC(C)(C)c1ccc2c(cnn2C(C)(C)C)c1. The molecular weight excluding hydrogens is 208 g/mol. The lowest BCUT2D eigenvalue weighted by Crippen LogP contribution is -2.22. The Labute approximate surface area is 104 Å². The van der Waals surface area contributed by atoms with Gasteiger partial charge >= 0.3 is 0 Å². The van der Waals surface area contributed by atoms with E-state index in [0.717, 1.165) is 0 Å². The number of fused-ring (bicyclic) bond motifs is 1. The quantitative estimate of drug-likeness (QED) is 0.666. The van der Waals surface area contributed by atoms with Gasteiger partial charge in [-0.05, 0) is 43.9 Å². The molecule has 0 saturated heterocycles. The van der Waals surface area contributed by atoms with Crippen LogP contribution in [0.2, 0.25) is 0 Å². The van der Waals surface area contributed by atoms with Gasteiger partial charge in [-0.15, -0.1) is 0 Å². The standard InChI is InChI=1S/C15H22N2/c1-14(2,3)12-7-8-13-11(9-12)10-16-17(13)15(4,5)6/h7-10H,1-6H3. The van der Waals surface area contributed by atoms with E-state index in [9.17, 15) is 0 Å². The normalized spacial score (nSPS) is 13.3. The second-order valence-electron chi connectivity index (χ2n) is 6.75. The van der Waals surface area contributed by atoms with Crippen LogP contribution >= 0.6 is 0 Å². The molecule has 0 saturated carbocycles. The summed E-state index contributed by atoms with van der Waals surface area (Å²) in [6, 6.07) is 6.66. The van der Waals surface area contributed by atoms with Crippen LogP contribution in [0.1, 0.15) is 47.1 Å². The third-order valence-electron chi connectivity index (χ3n) is 3.07. The van der Waals surface area contributed by atoms with Crippen molar-refractivity contribution < 1.29 is 0 Å². The highest BCUT2D eigenvalue weighted by Gasteiger charge is 2.19. The van der Waals surface area contributed by atoms with Crippen LogP contribution in [-0.4, -0.2) is 9.78 Å². The fourth-order valence-corrected chi connectivity index (χ4v) is 2.03. The highest BCUT2D eigenvalue weighted by atomic mass is 15.3. The lowest BCUT2D eigenvalue weighted by molar-refractivity contribution is 0.368. The molecule has 17 heavy (non-hydrogen) atoms. The van der Waals surface area contributed by atoms with Gasteiger partial charge in [0.25, 0.3) is 0 Å². The Hall–Kier alpha value is -1.31. The molecular formula is C15H22N2. The van der Waals surface area contributed by atoms with E-state index >= 15 is 0 Å². The first-order valence-electron chi connectivity index (χ1n) is 6.18. The van der Waals surface area contributed by atoms with Gasteiger partial charge in [-0.1, -0.05) is 26.8 Å². The average molecular weight is 230 g/mol. The Balaban J connectivity index is 2.61. The molecule has 1 aromatic heterocycles. The zero-order chi connectivity index (χ0) is 12.8. The van der Waals surface area contributed by atoms with E-state index in [-0.39, 0.29) is 11.0 Å². The smallest absolute Gasteiger partial charge is 0.0688 e. The van der Waals surface area contributed by atoms with Gasteiger partial charge in [0.05, 0.1) is 17.3 Å². The Bertz CT molecular complexity index is 536. The number of nitrogens with zero attached hydrogens (tertiary/aromatic N) is 2. The van der Waals surface area contributed by atoms with Gasteiger partial charge in [-0.3, -0.25) is 4.68 Å². The van der Waals surface area contributed by atoms with Crippen molar-refractivity contribution >= 4 is 10.9 Å². The molecule has 1 aromatic carbocycles. The molecule has 0 radical (unpaired) electrons. The van der Waals surface area contributed by atoms with Crippen LogP contribution in [0.25, 0.3) is 10.9 Å². The summed E-state index contributed by atoms with van der Waals surface area (Å²) in [7, 11) is 0. The van der Waals surface area contributed by atoms with Gasteiger partial charge in [-0.2, -0.15) is 5.10 Å². The molecule has 0 aliphatic heterocycles. The van der Waals surface area contributed by atoms with Crippen LogP contribution in [0.4, 0.5) is 0 Å². The largest absolute Gasteiger partial charge is 0.260 e. The zero-order valence-corrected chi connectivity index (χ0v) is 11.7. The molecule has 92 valence electrons. The topological polar surface area (TPSA) is 17.8 Å². The Kier molecular flexibility index (Phi) is 2.57. The van der Waals surface area contributed by atoms with E-state index in [0.29, 0.717) is 0 Å². The van der Waals surface area contributed by atoms with Gasteiger partial charge in [0.1, 0.15) is 0 Å². The van der Waals surface area contributed by atoms with Crippen LogP contribution in [0, 0.1) is 0 Å². The maximum atomic E-state index is 4.51. The summed E-state index contributed by atoms with van der Waals surface area (Å²) in [6.07, 6.45) is 1.97. The van der Waals surface area contributed by atoms with Gasteiger partial charge in [0.2, 0.25) is 0 Å². The monoisotopic (exact) mass is 230 g/mol. The molecule has 0 fully saturated rings. The van der Waals surface area contributed by atoms with Gasteiger partial charge in [-0.25, -0.2) is 0 Å². The van der Waals surface area contributed by atoms with Crippen LogP contribution in [-0.2, 0) is 11.0 Å². The van der Waals surface area contributed by atoms with Crippen LogP contribution in [0.3, 0.4) is 0 Å². The van der Waals surface area contributed by atoms with Crippen molar-refractivity contribution in [3.63, 3.8) is 0 Å². The van der Waals surface area contributed by atoms with Crippen molar-refractivity contribution in [2.24, 2.45) is 0 Å². The lowest BCUT2D eigenvalue weighted by atomic mass is 9.86. The Morgan fingerprint density at radius 2 is 1.65 bits per heavy atom. The van der Waals surface area contributed by atoms with Gasteiger partial charge in [0.15, 0.2) is 0 Å². The molecule has 2 aromatic rings. The van der Waals surface area contributed by atoms with Crippen molar-refractivity contribution in [3.8, 4) is 0 Å². The maximum Gasteiger partial charge on any atom is 0.0688 e. The zero-order valence-electron chi connectivity index (χ0n) is 11.7. The Morgan fingerprint density at radius 3 is 2.18 bits per heavy atom. The average Bonchev–Trinajstić information content (AvgIpc) is 2.57. The molecule has 0 atom stereocenters. The molecule has 0 N–H and O–H groups in total. The third kappa shape index (κ3) is 2.21. The van der Waals surface area contributed by atoms with Crippen LogP contribution < -0.4 is 0 Å². The van der Waals surface area contributed by atoms with Crippen molar-refractivity contribution in [2.45, 2.75) is 52.5 Å². The fourth-order valence-electron chi connectivity index (χ4n) is 2.03. The van der Waals surface area contributed by atoms with Crippen molar-refractivity contribution in [1.29, 1.82) is 0 Å². The molecule has 0 spiro atoms. The molecule has 0 aliphatic rings. The van der Waals surface area contributed by atoms with Crippen molar-refractivity contribution in [3.05, 3.63) is 30.0 Å². The minimum Gasteiger partial charge on any atom is -0.260 e. The number of rotatable bonds is 0. The first-order chi connectivity index (χ1) is 7.69. The number of benzene rings is 1. The molecule has 0 bridgehead atoms. The van der Waals surface area contributed by atoms with E-state index < -0.39 is 0 Å². The first kappa shape index (κ1) is 12.2. The number of hydrogen-bond acceptors (Lipinski definition) is 1. The van der Waals surface area contributed by atoms with Gasteiger partial charge in [0, 0.05) is 5.39 Å². The Morgan fingerprint density at radius 1 is 1.00 bits per heavy atom. The second-order valence-corrected chi connectivity index (χ2v) is 6.75. The highest BCUT2D eigenvalue weighted by molar-refractivity contribution is 5.79. The highest BCUT2D eigenvalue weighted by Crippen LogP contribution is 2.28. The first-order valence-corrected chi connectivity index (χ1v) is 6.18. The number of aromatic nitrogens is 2. The minimum atomic E-state index is 0.0327. The molecule has 2 heteroatoms. The van der Waals surface area contributed by atoms with Crippen molar-refractivity contribution in [2.75, 3.05) is 0 Å². The molecule has 2 rings (SSSR count). The van der Waals surface area contributed by atoms with E-state index in [1.807, 2.05) is 6.20 Å². The summed E-state index contributed by atoms with van der Waals surface area (Å²) in [4.78, 5) is 0. The summed E-state index contributed by atoms with van der Waals surface area (Å²) < 4.78 is 2.09. The predicted octanol–water partition coefficient (Wildman–Crippen LogP) is 4.09. The van der Waals surface area contributed by atoms with E-state index in [1.165, 1.54) is 16.5 Å². The predicted molar refractivity (Wildman–Crippen MR) is 73.4 cm³/mol. The van der Waals surface area contributed by atoms with Crippen LogP contribution in [0.5, 0.6) is 0 Å². The van der Waals surface area contributed by atoms with E-state index in [4.69, 9.17) is 0 Å². The third-order valence-corrected chi connectivity index (χ3v) is 3.07. The molecule has 0 unspecified atom stereocenters. The summed E-state index contributed by atoms with van der Waals surface area (Å²) in [6.45, 7) is 13.2. The summed E-state index contributed by atoms with van der Waals surface area (Å²) in [5.74, 6) is 0. The molecule has 1 heterocycles. The molecule has 2 nitrogen and oxygen atoms in total. The summed E-state index contributed by atoms with van der Waals surface area (Å²) >= 11 is 0. The fraction of sp³-hybridized carbons (Fsp3) is 0.533. The maximum absolute atomic E-state index is 4.51. The minimum absolute atomic E-state index is 0.0327. The molecule has 0 amide bonds. The van der Waals surface area contributed by atoms with Gasteiger partial charge < -0.3 is 0 Å². The number of hydrogen-bond donors (Lipinski definition) is 0. The van der Waals surface area contributed by atoms with E-state index in [1.54, 1.807) is 0 Å².